The fourth-order valence-electron chi connectivity index (χ4n) is 2.65. The van der Waals surface area contributed by atoms with E-state index in [0.29, 0.717) is 12.4 Å². The van der Waals surface area contributed by atoms with E-state index in [0.717, 1.165) is 28.0 Å². The van der Waals surface area contributed by atoms with Crippen molar-refractivity contribution in [1.82, 2.24) is 4.98 Å². The van der Waals surface area contributed by atoms with Crippen molar-refractivity contribution in [2.45, 2.75) is 6.61 Å². The van der Waals surface area contributed by atoms with Crippen LogP contribution in [0.2, 0.25) is 0 Å². The van der Waals surface area contributed by atoms with Gasteiger partial charge in [-0.05, 0) is 35.9 Å². The lowest BCUT2D eigenvalue weighted by Crippen LogP contribution is -1.97. The fourth-order valence-corrected chi connectivity index (χ4v) is 2.65. The van der Waals surface area contributed by atoms with Crippen LogP contribution >= 0.6 is 0 Å². The predicted octanol–water partition coefficient (Wildman–Crippen LogP) is 5.54. The molecule has 0 radical (unpaired) electrons. The minimum absolute atomic E-state index is 0.509. The van der Waals surface area contributed by atoms with E-state index in [-0.39, 0.29) is 0 Å². The van der Waals surface area contributed by atoms with E-state index in [4.69, 9.17) is 9.47 Å². The van der Waals surface area contributed by atoms with Crippen molar-refractivity contribution in [3.63, 3.8) is 0 Å². The molecule has 0 atom stereocenters. The number of rotatable bonds is 5. The topological polar surface area (TPSA) is 34.2 Å². The number of aromatic nitrogens is 1. The lowest BCUT2D eigenvalue weighted by molar-refractivity contribution is 0.292. The maximum absolute atomic E-state index is 6.12. The van der Waals surface area contributed by atoms with Gasteiger partial charge in [0.15, 0.2) is 11.5 Å². The number of benzene rings is 3. The van der Waals surface area contributed by atoms with Crippen molar-refractivity contribution in [3.8, 4) is 17.2 Å². The van der Waals surface area contributed by atoms with Crippen LogP contribution in [0.1, 0.15) is 5.56 Å². The van der Waals surface area contributed by atoms with E-state index in [1.165, 1.54) is 0 Å². The van der Waals surface area contributed by atoms with Crippen LogP contribution in [0.5, 0.6) is 17.2 Å². The average Bonchev–Trinajstić information content (AvgIpc) is 3.12. The zero-order chi connectivity index (χ0) is 16.2. The molecule has 0 aliphatic heterocycles. The molecule has 1 heterocycles. The molecule has 3 aromatic carbocycles. The Bertz CT molecular complexity index is 944. The lowest BCUT2D eigenvalue weighted by Gasteiger charge is -2.13. The summed E-state index contributed by atoms with van der Waals surface area (Å²) in [5.41, 5.74) is 2.18. The normalized spacial score (nSPS) is 10.7. The minimum atomic E-state index is 0.509. The van der Waals surface area contributed by atoms with Crippen LogP contribution in [-0.2, 0) is 6.61 Å². The summed E-state index contributed by atoms with van der Waals surface area (Å²) in [5.74, 6) is 2.25. The molecule has 1 aromatic heterocycles. The third kappa shape index (κ3) is 2.97. The number of nitrogens with one attached hydrogen (secondary N) is 1. The second-order valence-corrected chi connectivity index (χ2v) is 5.52. The van der Waals surface area contributed by atoms with E-state index >= 15 is 0 Å². The van der Waals surface area contributed by atoms with Crippen molar-refractivity contribution < 1.29 is 9.47 Å². The molecule has 0 aliphatic rings. The van der Waals surface area contributed by atoms with E-state index < -0.39 is 0 Å². The maximum atomic E-state index is 6.12. The molecule has 0 bridgehead atoms. The third-order valence-electron chi connectivity index (χ3n) is 3.86. The molecule has 0 spiro atoms. The van der Waals surface area contributed by atoms with Crippen molar-refractivity contribution in [2.24, 2.45) is 0 Å². The lowest BCUT2D eigenvalue weighted by atomic mass is 10.2. The smallest absolute Gasteiger partial charge is 0.169 e. The van der Waals surface area contributed by atoms with Gasteiger partial charge in [-0.15, -0.1) is 0 Å². The van der Waals surface area contributed by atoms with Gasteiger partial charge in [0, 0.05) is 17.1 Å². The summed E-state index contributed by atoms with van der Waals surface area (Å²) in [5, 5.41) is 1.05. The summed E-state index contributed by atoms with van der Waals surface area (Å²) in [6, 6.07) is 25.8. The molecule has 3 heteroatoms. The van der Waals surface area contributed by atoms with Gasteiger partial charge in [0.25, 0.3) is 0 Å². The number of ether oxygens (including phenoxy) is 2. The first-order valence-electron chi connectivity index (χ1n) is 7.90. The average molecular weight is 315 g/mol. The number of H-pyrrole nitrogens is 1. The van der Waals surface area contributed by atoms with Crippen LogP contribution in [0.4, 0.5) is 0 Å². The number of fused-ring (bicyclic) bond motifs is 1. The third-order valence-corrected chi connectivity index (χ3v) is 3.86. The monoisotopic (exact) mass is 315 g/mol. The first-order chi connectivity index (χ1) is 11.9. The van der Waals surface area contributed by atoms with Gasteiger partial charge < -0.3 is 14.5 Å². The van der Waals surface area contributed by atoms with Gasteiger partial charge >= 0.3 is 0 Å². The Balaban J connectivity index is 1.58. The van der Waals surface area contributed by atoms with Crippen LogP contribution in [0, 0.1) is 0 Å². The summed E-state index contributed by atoms with van der Waals surface area (Å²) in [6.45, 7) is 0.509. The zero-order valence-corrected chi connectivity index (χ0v) is 13.1. The highest BCUT2D eigenvalue weighted by Gasteiger charge is 2.09. The fraction of sp³-hybridized carbons (Fsp3) is 0.0476. The first kappa shape index (κ1) is 14.4. The van der Waals surface area contributed by atoms with Crippen LogP contribution in [0.15, 0.2) is 85.1 Å². The van der Waals surface area contributed by atoms with E-state index in [1.807, 2.05) is 85.1 Å². The number of aromatic amines is 1. The Hall–Kier alpha value is -3.20. The summed E-state index contributed by atoms with van der Waals surface area (Å²) in [6.07, 6.45) is 1.91. The van der Waals surface area contributed by atoms with Crippen molar-refractivity contribution in [2.75, 3.05) is 0 Å². The molecule has 24 heavy (non-hydrogen) atoms. The molecule has 0 unspecified atom stereocenters. The minimum Gasteiger partial charge on any atom is -0.485 e. The Morgan fingerprint density at radius 3 is 2.29 bits per heavy atom. The second kappa shape index (κ2) is 6.50. The highest BCUT2D eigenvalue weighted by molar-refractivity contribution is 5.86. The number of hydrogen-bond donors (Lipinski definition) is 1. The Labute approximate surface area is 140 Å². The quantitative estimate of drug-likeness (QED) is 0.524. The molecule has 0 fully saturated rings. The standard InChI is InChI=1S/C21H17NO2/c1-2-7-16(8-3-1)15-23-20-10-4-5-11-21(20)24-19-12-6-9-18-17(19)13-14-22-18/h1-14,22H,15H2. The van der Waals surface area contributed by atoms with E-state index in [1.54, 1.807) is 0 Å². The van der Waals surface area contributed by atoms with E-state index in [2.05, 4.69) is 4.98 Å². The molecule has 4 rings (SSSR count). The molecule has 0 amide bonds. The summed E-state index contributed by atoms with van der Waals surface area (Å²) < 4.78 is 12.1. The highest BCUT2D eigenvalue weighted by Crippen LogP contribution is 2.35. The SMILES string of the molecule is c1ccc(COc2ccccc2Oc2cccc3[nH]ccc23)cc1. The molecule has 118 valence electrons. The van der Waals surface area contributed by atoms with Gasteiger partial charge in [-0.2, -0.15) is 0 Å². The number of para-hydroxylation sites is 2. The predicted molar refractivity (Wildman–Crippen MR) is 95.6 cm³/mol. The zero-order valence-electron chi connectivity index (χ0n) is 13.1. The summed E-state index contributed by atoms with van der Waals surface area (Å²) in [4.78, 5) is 3.20. The molecular weight excluding hydrogens is 298 g/mol. The molecule has 4 aromatic rings. The summed E-state index contributed by atoms with van der Waals surface area (Å²) >= 11 is 0. The molecular formula is C21H17NO2. The van der Waals surface area contributed by atoms with Crippen molar-refractivity contribution in [1.29, 1.82) is 0 Å². The highest BCUT2D eigenvalue weighted by atomic mass is 16.5. The number of hydrogen-bond acceptors (Lipinski definition) is 2. The maximum Gasteiger partial charge on any atom is 0.169 e. The molecule has 0 saturated carbocycles. The molecule has 3 nitrogen and oxygen atoms in total. The van der Waals surface area contributed by atoms with Gasteiger partial charge in [-0.25, -0.2) is 0 Å². The van der Waals surface area contributed by atoms with Crippen molar-refractivity contribution >= 4 is 10.9 Å². The van der Waals surface area contributed by atoms with Gasteiger partial charge in [0.2, 0.25) is 0 Å². The first-order valence-corrected chi connectivity index (χ1v) is 7.90. The molecule has 0 saturated heterocycles. The van der Waals surface area contributed by atoms with Crippen LogP contribution in [-0.4, -0.2) is 4.98 Å². The Morgan fingerprint density at radius 2 is 1.42 bits per heavy atom. The molecule has 0 aliphatic carbocycles. The second-order valence-electron chi connectivity index (χ2n) is 5.52. The van der Waals surface area contributed by atoms with Crippen LogP contribution in [0.3, 0.4) is 0 Å². The van der Waals surface area contributed by atoms with Gasteiger partial charge in [-0.3, -0.25) is 0 Å². The molecule has 1 N–H and O–H groups in total. The Morgan fingerprint density at radius 1 is 0.667 bits per heavy atom. The van der Waals surface area contributed by atoms with Gasteiger partial charge in [0.05, 0.1) is 0 Å². The Kier molecular flexibility index (Phi) is 3.90. The van der Waals surface area contributed by atoms with Gasteiger partial charge in [0.1, 0.15) is 12.4 Å². The largest absolute Gasteiger partial charge is 0.485 e. The van der Waals surface area contributed by atoms with Gasteiger partial charge in [-0.1, -0.05) is 48.5 Å². The van der Waals surface area contributed by atoms with Crippen LogP contribution in [0.25, 0.3) is 10.9 Å². The van der Waals surface area contributed by atoms with Crippen molar-refractivity contribution in [3.05, 3.63) is 90.6 Å². The van der Waals surface area contributed by atoms with E-state index in [9.17, 15) is 0 Å². The van der Waals surface area contributed by atoms with Crippen LogP contribution < -0.4 is 9.47 Å². The summed E-state index contributed by atoms with van der Waals surface area (Å²) in [7, 11) is 0.